The van der Waals surface area contributed by atoms with Gasteiger partial charge in [0.25, 0.3) is 7.55 Å². The van der Waals surface area contributed by atoms with Crippen molar-refractivity contribution in [1.29, 1.82) is 0 Å². The van der Waals surface area contributed by atoms with Crippen LogP contribution in [0.2, 0.25) is 6.82 Å². The monoisotopic (exact) mass is 96.1 g/mol. The van der Waals surface area contributed by atoms with Crippen LogP contribution in [0.3, 0.4) is 0 Å². The van der Waals surface area contributed by atoms with E-state index in [4.69, 9.17) is 0 Å². The summed E-state index contributed by atoms with van der Waals surface area (Å²) < 4.78 is 0. The molecule has 0 rings (SSSR count). The van der Waals surface area contributed by atoms with Crippen molar-refractivity contribution < 1.29 is 0 Å². The zero-order valence-electron chi connectivity index (χ0n) is 4.86. The van der Waals surface area contributed by atoms with Gasteiger partial charge in [0, 0.05) is 0 Å². The second-order valence-corrected chi connectivity index (χ2v) is 1.16. The zero-order chi connectivity index (χ0) is 5.54. The molecule has 7 heavy (non-hydrogen) atoms. The van der Waals surface area contributed by atoms with Gasteiger partial charge in [0.2, 0.25) is 0 Å². The minimum Gasteiger partial charge on any atom is -0.393 e. The zero-order valence-corrected chi connectivity index (χ0v) is 4.86. The average Bonchev–Trinajstić information content (AvgIpc) is 1.69. The van der Waals surface area contributed by atoms with Crippen LogP contribution in [0, 0.1) is 0 Å². The Kier molecular flexibility index (Phi) is 6.09. The molecule has 0 bridgehead atoms. The lowest BCUT2D eigenvalue weighted by atomic mass is 9.92. The van der Waals surface area contributed by atoms with Gasteiger partial charge >= 0.3 is 0 Å². The van der Waals surface area contributed by atoms with Gasteiger partial charge in [-0.2, -0.15) is 0 Å². The summed E-state index contributed by atoms with van der Waals surface area (Å²) in [5.41, 5.74) is 0. The van der Waals surface area contributed by atoms with E-state index in [-0.39, 0.29) is 0 Å². The predicted molar refractivity (Wildman–Crippen MR) is 34.2 cm³/mol. The Bertz CT molecular complexity index is 30.1. The molecule has 2 radical (unpaired) electrons. The van der Waals surface area contributed by atoms with Gasteiger partial charge in [0.15, 0.2) is 7.41 Å². The second-order valence-electron chi connectivity index (χ2n) is 1.16. The maximum atomic E-state index is 2.98. The van der Waals surface area contributed by atoms with Gasteiger partial charge in [0.1, 0.15) is 0 Å². The van der Waals surface area contributed by atoms with Crippen LogP contribution >= 0.6 is 0 Å². The van der Waals surface area contributed by atoms with E-state index in [1.807, 2.05) is 21.2 Å². The Hall–Kier alpha value is 0.0499. The molecular weight excluding hydrogens is 85.7 g/mol. The summed E-state index contributed by atoms with van der Waals surface area (Å²) in [6.07, 6.45) is 0. The smallest absolute Gasteiger partial charge is 0.294 e. The third-order valence-electron chi connectivity index (χ3n) is 0.556. The van der Waals surface area contributed by atoms with Gasteiger partial charge in [-0.1, -0.05) is 13.7 Å². The molecule has 0 aliphatic rings. The highest BCUT2D eigenvalue weighted by Gasteiger charge is 1.81. The number of hydrogen-bond acceptors (Lipinski definition) is 2. The fourth-order valence-corrected chi connectivity index (χ4v) is 0.244. The molecule has 0 aromatic rings. The molecule has 0 heterocycles. The van der Waals surface area contributed by atoms with Crippen LogP contribution in [0.4, 0.5) is 0 Å². The van der Waals surface area contributed by atoms with E-state index in [1.54, 1.807) is 7.55 Å². The van der Waals surface area contributed by atoms with Gasteiger partial charge in [-0.25, -0.2) is 0 Å². The van der Waals surface area contributed by atoms with Crippen molar-refractivity contribution in [3.63, 3.8) is 0 Å². The van der Waals surface area contributed by atoms with Gasteiger partial charge in [-0.3, -0.25) is 0 Å². The molecule has 0 amide bonds. The van der Waals surface area contributed by atoms with Gasteiger partial charge in [-0.15, -0.1) is 0 Å². The first-order valence-corrected chi connectivity index (χ1v) is 2.50. The van der Waals surface area contributed by atoms with E-state index in [0.29, 0.717) is 0 Å². The van der Waals surface area contributed by atoms with Gasteiger partial charge in [0.05, 0.1) is 0 Å². The minimum absolute atomic E-state index is 0.973. The number of rotatable bonds is 4. The molecule has 2 nitrogen and oxygen atoms in total. The lowest BCUT2D eigenvalue weighted by molar-refractivity contribution is 0.993. The summed E-state index contributed by atoms with van der Waals surface area (Å²) in [4.78, 5) is 0. The molecule has 0 fully saturated rings. The van der Waals surface area contributed by atoms with E-state index in [2.05, 4.69) is 10.4 Å². The van der Waals surface area contributed by atoms with Crippen LogP contribution in [0.25, 0.3) is 0 Å². The summed E-state index contributed by atoms with van der Waals surface area (Å²) in [6, 6.07) is 0. The van der Waals surface area contributed by atoms with Crippen LogP contribution < -0.4 is 10.4 Å². The quantitative estimate of drug-likeness (QED) is 0.360. The molecular formula is C3H10B2N2. The molecule has 0 aromatic heterocycles. The summed E-state index contributed by atoms with van der Waals surface area (Å²) >= 11 is 0. The molecule has 0 saturated heterocycles. The normalized spacial score (nSPS) is 8.29. The molecule has 0 aliphatic carbocycles. The Labute approximate surface area is 46.6 Å². The van der Waals surface area contributed by atoms with E-state index >= 15 is 0 Å². The topological polar surface area (TPSA) is 24.1 Å². The van der Waals surface area contributed by atoms with E-state index in [9.17, 15) is 0 Å². The average molecular weight is 95.8 g/mol. The standard InChI is InChI=1S/C3H10B2N2/c1-3-6-5-7-4-2/h6-7H,3H2,1-2H3. The molecule has 2 N–H and O–H groups in total. The Morgan fingerprint density at radius 1 is 1.57 bits per heavy atom. The van der Waals surface area contributed by atoms with Crippen LogP contribution in [0.15, 0.2) is 0 Å². The Morgan fingerprint density at radius 3 is 2.71 bits per heavy atom. The van der Waals surface area contributed by atoms with Crippen molar-refractivity contribution in [3.05, 3.63) is 0 Å². The summed E-state index contributed by atoms with van der Waals surface area (Å²) in [6.45, 7) is 4.96. The molecule has 0 spiro atoms. The third-order valence-corrected chi connectivity index (χ3v) is 0.556. The highest BCUT2D eigenvalue weighted by atomic mass is 14.9. The summed E-state index contributed by atoms with van der Waals surface area (Å²) in [5, 5.41) is 5.87. The fourth-order valence-electron chi connectivity index (χ4n) is 0.244. The summed E-state index contributed by atoms with van der Waals surface area (Å²) in [5.74, 6) is 0. The lowest BCUT2D eigenvalue weighted by Crippen LogP contribution is -2.34. The number of nitrogens with one attached hydrogen (secondary N) is 2. The molecule has 0 unspecified atom stereocenters. The van der Waals surface area contributed by atoms with Crippen LogP contribution in [0.1, 0.15) is 6.92 Å². The van der Waals surface area contributed by atoms with Crippen molar-refractivity contribution in [2.75, 3.05) is 6.54 Å². The second kappa shape index (κ2) is 6.05. The minimum atomic E-state index is 0.973. The molecule has 0 aliphatic heterocycles. The van der Waals surface area contributed by atoms with E-state index in [0.717, 1.165) is 6.54 Å². The first-order chi connectivity index (χ1) is 3.41. The van der Waals surface area contributed by atoms with Crippen molar-refractivity contribution in [2.45, 2.75) is 13.7 Å². The van der Waals surface area contributed by atoms with Crippen molar-refractivity contribution in [2.24, 2.45) is 0 Å². The first kappa shape index (κ1) is 7.05. The van der Waals surface area contributed by atoms with Gasteiger partial charge in [-0.05, 0) is 6.54 Å². The van der Waals surface area contributed by atoms with E-state index < -0.39 is 0 Å². The van der Waals surface area contributed by atoms with Crippen molar-refractivity contribution in [1.82, 2.24) is 10.4 Å². The first-order valence-electron chi connectivity index (χ1n) is 2.50. The van der Waals surface area contributed by atoms with Gasteiger partial charge < -0.3 is 10.4 Å². The fraction of sp³-hybridized carbons (Fsp3) is 1.00. The molecule has 38 valence electrons. The van der Waals surface area contributed by atoms with E-state index in [1.165, 1.54) is 0 Å². The highest BCUT2D eigenvalue weighted by molar-refractivity contribution is 6.48. The lowest BCUT2D eigenvalue weighted by Gasteiger charge is -1.94. The largest absolute Gasteiger partial charge is 0.393 e. The molecule has 0 aromatic carbocycles. The van der Waals surface area contributed by atoms with Crippen LogP contribution in [-0.2, 0) is 0 Å². The number of hydrogen-bond donors (Lipinski definition) is 2. The molecule has 4 heteroatoms. The maximum Gasteiger partial charge on any atom is 0.294 e. The highest BCUT2D eigenvalue weighted by Crippen LogP contribution is 1.45. The van der Waals surface area contributed by atoms with Crippen molar-refractivity contribution in [3.8, 4) is 0 Å². The predicted octanol–water partition coefficient (Wildman–Crippen LogP) is -0.613. The van der Waals surface area contributed by atoms with Crippen LogP contribution in [-0.4, -0.2) is 21.5 Å². The van der Waals surface area contributed by atoms with Crippen molar-refractivity contribution >= 4 is 15.0 Å². The summed E-state index contributed by atoms with van der Waals surface area (Å²) in [7, 11) is 3.67. The molecule has 0 saturated carbocycles. The Morgan fingerprint density at radius 2 is 2.29 bits per heavy atom. The SMILES string of the molecule is C[B]N[B]NCC. The third kappa shape index (κ3) is 6.05. The maximum absolute atomic E-state index is 2.98. The Balaban J connectivity index is 2.45. The molecule has 0 atom stereocenters. The van der Waals surface area contributed by atoms with Crippen LogP contribution in [0.5, 0.6) is 0 Å².